The zero-order valence-electron chi connectivity index (χ0n) is 51.3. The van der Waals surface area contributed by atoms with Crippen molar-refractivity contribution in [2.45, 2.75) is 297 Å². The predicted octanol–water partition coefficient (Wildman–Crippen LogP) is 22.5. The summed E-state index contributed by atoms with van der Waals surface area (Å²) in [7, 11) is 0. The third kappa shape index (κ3) is 64.3. The second-order valence-electron chi connectivity index (χ2n) is 21.3. The molecule has 79 heavy (non-hydrogen) atoms. The van der Waals surface area contributed by atoms with E-state index in [9.17, 15) is 14.4 Å². The van der Waals surface area contributed by atoms with Crippen molar-refractivity contribution < 1.29 is 28.6 Å². The molecule has 1 atom stereocenters. The van der Waals surface area contributed by atoms with Crippen molar-refractivity contribution in [1.82, 2.24) is 0 Å². The predicted molar refractivity (Wildman–Crippen MR) is 343 cm³/mol. The molecular formula is C73H120O6. The monoisotopic (exact) mass is 1090 g/mol. The van der Waals surface area contributed by atoms with Gasteiger partial charge in [0, 0.05) is 19.3 Å². The fourth-order valence-corrected chi connectivity index (χ4v) is 8.83. The molecule has 0 radical (unpaired) electrons. The van der Waals surface area contributed by atoms with Crippen molar-refractivity contribution in [2.24, 2.45) is 0 Å². The number of rotatable bonds is 58. The van der Waals surface area contributed by atoms with Gasteiger partial charge in [0.1, 0.15) is 13.2 Å². The molecule has 0 aliphatic rings. The van der Waals surface area contributed by atoms with E-state index in [2.05, 4.69) is 154 Å². The Balaban J connectivity index is 4.37. The summed E-state index contributed by atoms with van der Waals surface area (Å²) >= 11 is 0. The molecule has 0 aromatic heterocycles. The van der Waals surface area contributed by atoms with Gasteiger partial charge in [0.15, 0.2) is 6.10 Å². The molecule has 0 amide bonds. The Morgan fingerprint density at radius 3 is 0.772 bits per heavy atom. The molecule has 6 nitrogen and oxygen atoms in total. The lowest BCUT2D eigenvalue weighted by molar-refractivity contribution is -0.167. The molecule has 0 N–H and O–H groups in total. The maximum Gasteiger partial charge on any atom is 0.306 e. The van der Waals surface area contributed by atoms with Gasteiger partial charge in [0.2, 0.25) is 0 Å². The second kappa shape index (κ2) is 66.1. The Morgan fingerprint density at radius 1 is 0.266 bits per heavy atom. The minimum atomic E-state index is -0.795. The first-order valence-corrected chi connectivity index (χ1v) is 32.7. The number of allylic oxidation sites excluding steroid dienone is 22. The maximum atomic E-state index is 12.9. The van der Waals surface area contributed by atoms with Crippen molar-refractivity contribution in [2.75, 3.05) is 13.2 Å². The fourth-order valence-electron chi connectivity index (χ4n) is 8.83. The molecule has 6 heteroatoms. The van der Waals surface area contributed by atoms with Gasteiger partial charge in [-0.1, -0.05) is 289 Å². The van der Waals surface area contributed by atoms with E-state index in [4.69, 9.17) is 14.2 Å². The van der Waals surface area contributed by atoms with E-state index in [-0.39, 0.29) is 31.1 Å². The van der Waals surface area contributed by atoms with Crippen molar-refractivity contribution in [3.05, 3.63) is 134 Å². The number of hydrogen-bond acceptors (Lipinski definition) is 6. The van der Waals surface area contributed by atoms with Crippen LogP contribution in [-0.4, -0.2) is 37.2 Å². The van der Waals surface area contributed by atoms with Gasteiger partial charge >= 0.3 is 17.9 Å². The van der Waals surface area contributed by atoms with Crippen LogP contribution in [0.1, 0.15) is 290 Å². The zero-order valence-corrected chi connectivity index (χ0v) is 51.3. The summed E-state index contributed by atoms with van der Waals surface area (Å²) in [5.41, 5.74) is 0. The normalized spacial score (nSPS) is 13.0. The van der Waals surface area contributed by atoms with Gasteiger partial charge in [-0.3, -0.25) is 14.4 Å². The number of hydrogen-bond donors (Lipinski definition) is 0. The topological polar surface area (TPSA) is 78.9 Å². The van der Waals surface area contributed by atoms with Crippen LogP contribution >= 0.6 is 0 Å². The van der Waals surface area contributed by atoms with Crippen LogP contribution in [0.5, 0.6) is 0 Å². The number of unbranched alkanes of at least 4 members (excludes halogenated alkanes) is 25. The summed E-state index contributed by atoms with van der Waals surface area (Å²) in [4.78, 5) is 38.3. The Hall–Kier alpha value is -4.45. The van der Waals surface area contributed by atoms with Gasteiger partial charge in [-0.2, -0.15) is 0 Å². The average molecular weight is 1090 g/mol. The molecule has 0 heterocycles. The van der Waals surface area contributed by atoms with Gasteiger partial charge in [0.25, 0.3) is 0 Å². The standard InChI is InChI=1S/C73H120O6/c1-4-7-10-13-16-19-22-25-27-29-31-32-33-34-35-36-37-38-39-40-42-43-45-48-51-54-57-60-63-66-72(75)78-69-70(68-77-71(74)65-62-59-56-53-50-47-24-21-18-15-12-9-6-3)79-73(76)67-64-61-58-55-52-49-46-44-41-30-28-26-23-20-17-14-11-8-5-2/h7-8,10-11,16-17,19-20,25-28,31-32,34-35,37-38,40-42,44,70H,4-6,9,12-15,18,21-24,29-30,33,36,39,43,45-69H2,1-3H3/b10-7-,11-8-,19-16-,20-17-,27-25-,28-26-,32-31-,35-34-,38-37-,42-40-,44-41-. The first-order valence-electron chi connectivity index (χ1n) is 32.7. The summed E-state index contributed by atoms with van der Waals surface area (Å²) in [6.45, 7) is 6.40. The Bertz CT molecular complexity index is 1680. The van der Waals surface area contributed by atoms with Crippen LogP contribution < -0.4 is 0 Å². The highest BCUT2D eigenvalue weighted by molar-refractivity contribution is 5.71. The van der Waals surface area contributed by atoms with Crippen molar-refractivity contribution in [1.29, 1.82) is 0 Å². The first kappa shape index (κ1) is 74.5. The van der Waals surface area contributed by atoms with Gasteiger partial charge in [-0.25, -0.2) is 0 Å². The summed E-state index contributed by atoms with van der Waals surface area (Å²) in [5.74, 6) is -0.909. The van der Waals surface area contributed by atoms with Gasteiger partial charge in [0.05, 0.1) is 0 Å². The molecule has 448 valence electrons. The van der Waals surface area contributed by atoms with Crippen LogP contribution in [0.2, 0.25) is 0 Å². The molecule has 0 bridgehead atoms. The fraction of sp³-hybridized carbons (Fsp3) is 0.658. The Labute approximate surface area is 487 Å². The third-order valence-electron chi connectivity index (χ3n) is 13.7. The summed E-state index contributed by atoms with van der Waals surface area (Å²) in [5, 5.41) is 0. The minimum absolute atomic E-state index is 0.0884. The molecule has 0 aromatic carbocycles. The van der Waals surface area contributed by atoms with E-state index in [1.165, 1.54) is 103 Å². The van der Waals surface area contributed by atoms with E-state index < -0.39 is 6.10 Å². The van der Waals surface area contributed by atoms with Gasteiger partial charge < -0.3 is 14.2 Å². The lowest BCUT2D eigenvalue weighted by Crippen LogP contribution is -2.30. The highest BCUT2D eigenvalue weighted by Gasteiger charge is 2.19. The van der Waals surface area contributed by atoms with Crippen LogP contribution in [0.25, 0.3) is 0 Å². The molecule has 0 saturated carbocycles. The Kier molecular flexibility index (Phi) is 62.3. The number of carbonyl (C=O) groups is 3. The lowest BCUT2D eigenvalue weighted by Gasteiger charge is -2.18. The molecule has 1 unspecified atom stereocenters. The molecular weight excluding hydrogens is 973 g/mol. The van der Waals surface area contributed by atoms with Crippen molar-refractivity contribution in [3.8, 4) is 0 Å². The number of ether oxygens (including phenoxy) is 3. The average Bonchev–Trinajstić information content (AvgIpc) is 3.45. The molecule has 0 aliphatic heterocycles. The third-order valence-corrected chi connectivity index (χ3v) is 13.7. The summed E-state index contributed by atoms with van der Waals surface area (Å²) < 4.78 is 16.9. The minimum Gasteiger partial charge on any atom is -0.462 e. The summed E-state index contributed by atoms with van der Waals surface area (Å²) in [6.07, 6.45) is 93.1. The molecule has 0 fully saturated rings. The lowest BCUT2D eigenvalue weighted by atomic mass is 10.0. The van der Waals surface area contributed by atoms with Crippen molar-refractivity contribution >= 4 is 17.9 Å². The molecule has 0 aliphatic carbocycles. The van der Waals surface area contributed by atoms with Crippen LogP contribution in [0.4, 0.5) is 0 Å². The highest BCUT2D eigenvalue weighted by Crippen LogP contribution is 2.16. The van der Waals surface area contributed by atoms with E-state index in [0.717, 1.165) is 148 Å². The van der Waals surface area contributed by atoms with Crippen LogP contribution in [0.3, 0.4) is 0 Å². The second-order valence-corrected chi connectivity index (χ2v) is 21.3. The van der Waals surface area contributed by atoms with E-state index >= 15 is 0 Å². The molecule has 0 aromatic rings. The van der Waals surface area contributed by atoms with E-state index in [0.29, 0.717) is 19.3 Å². The molecule has 0 rings (SSSR count). The van der Waals surface area contributed by atoms with Crippen LogP contribution in [0.15, 0.2) is 134 Å². The number of carbonyl (C=O) groups excluding carboxylic acids is 3. The maximum absolute atomic E-state index is 12.9. The Morgan fingerprint density at radius 2 is 0.494 bits per heavy atom. The van der Waals surface area contributed by atoms with Gasteiger partial charge in [-0.05, 0) is 116 Å². The van der Waals surface area contributed by atoms with E-state index in [1.54, 1.807) is 0 Å². The largest absolute Gasteiger partial charge is 0.462 e. The summed E-state index contributed by atoms with van der Waals surface area (Å²) in [6, 6.07) is 0. The highest BCUT2D eigenvalue weighted by atomic mass is 16.6. The first-order chi connectivity index (χ1) is 39.0. The molecule has 0 saturated heterocycles. The quantitative estimate of drug-likeness (QED) is 0.0261. The van der Waals surface area contributed by atoms with E-state index in [1.807, 2.05) is 0 Å². The number of esters is 3. The van der Waals surface area contributed by atoms with Gasteiger partial charge in [-0.15, -0.1) is 0 Å². The zero-order chi connectivity index (χ0) is 57.1. The smallest absolute Gasteiger partial charge is 0.306 e. The van der Waals surface area contributed by atoms with Crippen molar-refractivity contribution in [3.63, 3.8) is 0 Å². The SMILES string of the molecule is CC/C=C\C/C=C\C/C=C\C/C=C\C/C=C\C/C=C\C/C=C\CCCCCCCCCC(=O)OCC(COC(=O)CCCCCCCCCCCCCCC)OC(=O)CCCCCCCC/C=C\C/C=C\C/C=C\C/C=C\CC. The van der Waals surface area contributed by atoms with Crippen LogP contribution in [0, 0.1) is 0 Å². The molecule has 0 spiro atoms. The van der Waals surface area contributed by atoms with Crippen LogP contribution in [-0.2, 0) is 28.6 Å².